The molecule has 2 aromatic rings. The number of nitrogens with zero attached hydrogens (tertiary/aromatic N) is 1. The number of aromatic nitrogens is 2. The van der Waals surface area contributed by atoms with Crippen LogP contribution in [0.15, 0.2) is 30.5 Å². The fraction of sp³-hybridized carbons (Fsp3) is 0.231. The van der Waals surface area contributed by atoms with Crippen LogP contribution in [0.1, 0.15) is 28.8 Å². The topological polar surface area (TPSA) is 55.0 Å². The molecule has 1 aromatic heterocycles. The third kappa shape index (κ3) is 2.90. The highest BCUT2D eigenvalue weighted by atomic mass is 35.5. The smallest absolute Gasteiger partial charge is 0.356 e. The Morgan fingerprint density at radius 1 is 1.44 bits per heavy atom. The van der Waals surface area contributed by atoms with Crippen LogP contribution in [0.25, 0.3) is 0 Å². The SMILES string of the molecule is CCOC(=O)c1cnc(Cc2ccccc2Cl)[nH]1. The summed E-state index contributed by atoms with van der Waals surface area (Å²) in [5.74, 6) is 0.293. The Morgan fingerprint density at radius 3 is 2.94 bits per heavy atom. The molecule has 5 heteroatoms. The highest BCUT2D eigenvalue weighted by Crippen LogP contribution is 2.17. The highest BCUT2D eigenvalue weighted by Gasteiger charge is 2.11. The van der Waals surface area contributed by atoms with Gasteiger partial charge in [-0.15, -0.1) is 0 Å². The van der Waals surface area contributed by atoms with Gasteiger partial charge in [0.05, 0.1) is 12.8 Å². The lowest BCUT2D eigenvalue weighted by Gasteiger charge is -2.01. The first-order valence-corrected chi connectivity index (χ1v) is 6.03. The summed E-state index contributed by atoms with van der Waals surface area (Å²) >= 11 is 6.06. The summed E-state index contributed by atoms with van der Waals surface area (Å²) < 4.78 is 4.88. The van der Waals surface area contributed by atoms with Gasteiger partial charge in [0.1, 0.15) is 11.5 Å². The molecule has 1 N–H and O–H groups in total. The minimum absolute atomic E-state index is 0.345. The number of halogens is 1. The van der Waals surface area contributed by atoms with E-state index in [4.69, 9.17) is 16.3 Å². The van der Waals surface area contributed by atoms with Gasteiger partial charge in [-0.2, -0.15) is 0 Å². The van der Waals surface area contributed by atoms with E-state index in [1.54, 1.807) is 6.92 Å². The number of rotatable bonds is 4. The van der Waals surface area contributed by atoms with Gasteiger partial charge in [-0.1, -0.05) is 29.8 Å². The summed E-state index contributed by atoms with van der Waals surface area (Å²) in [4.78, 5) is 18.5. The van der Waals surface area contributed by atoms with Gasteiger partial charge in [0.25, 0.3) is 0 Å². The second-order valence-corrected chi connectivity index (χ2v) is 4.14. The van der Waals surface area contributed by atoms with Crippen molar-refractivity contribution in [3.8, 4) is 0 Å². The number of nitrogens with one attached hydrogen (secondary N) is 1. The Bertz CT molecular complexity index is 551. The van der Waals surface area contributed by atoms with Crippen LogP contribution in [0.5, 0.6) is 0 Å². The maximum Gasteiger partial charge on any atom is 0.356 e. The molecule has 18 heavy (non-hydrogen) atoms. The first-order chi connectivity index (χ1) is 8.70. The number of carbonyl (C=O) groups excluding carboxylic acids is 1. The summed E-state index contributed by atoms with van der Waals surface area (Å²) in [6.45, 7) is 2.11. The van der Waals surface area contributed by atoms with Crippen molar-refractivity contribution in [3.05, 3.63) is 52.6 Å². The quantitative estimate of drug-likeness (QED) is 0.864. The molecule has 0 radical (unpaired) electrons. The predicted molar refractivity (Wildman–Crippen MR) is 68.8 cm³/mol. The number of benzene rings is 1. The van der Waals surface area contributed by atoms with Crippen molar-refractivity contribution in [3.63, 3.8) is 0 Å². The maximum atomic E-state index is 11.5. The van der Waals surface area contributed by atoms with Crippen LogP contribution in [0.2, 0.25) is 5.02 Å². The minimum atomic E-state index is -0.393. The van der Waals surface area contributed by atoms with E-state index >= 15 is 0 Å². The molecule has 0 spiro atoms. The average Bonchev–Trinajstić information content (AvgIpc) is 2.81. The van der Waals surface area contributed by atoms with Crippen molar-refractivity contribution in [2.45, 2.75) is 13.3 Å². The van der Waals surface area contributed by atoms with Gasteiger partial charge in [-0.05, 0) is 18.6 Å². The predicted octanol–water partition coefficient (Wildman–Crippen LogP) is 2.83. The molecule has 0 saturated carbocycles. The zero-order valence-electron chi connectivity index (χ0n) is 9.94. The first kappa shape index (κ1) is 12.6. The molecule has 2 rings (SSSR count). The average molecular weight is 265 g/mol. The van der Waals surface area contributed by atoms with Crippen molar-refractivity contribution in [1.82, 2.24) is 9.97 Å². The highest BCUT2D eigenvalue weighted by molar-refractivity contribution is 6.31. The lowest BCUT2D eigenvalue weighted by molar-refractivity contribution is 0.0520. The molecule has 0 bridgehead atoms. The van der Waals surface area contributed by atoms with Crippen LogP contribution in [0.3, 0.4) is 0 Å². The van der Waals surface area contributed by atoms with Crippen molar-refractivity contribution in [1.29, 1.82) is 0 Å². The van der Waals surface area contributed by atoms with Gasteiger partial charge in [0.15, 0.2) is 0 Å². The van der Waals surface area contributed by atoms with E-state index in [2.05, 4.69) is 9.97 Å². The van der Waals surface area contributed by atoms with Gasteiger partial charge < -0.3 is 9.72 Å². The molecule has 0 aliphatic carbocycles. The molecule has 94 valence electrons. The molecular formula is C13H13ClN2O2. The third-order valence-electron chi connectivity index (χ3n) is 2.44. The molecule has 0 atom stereocenters. The lowest BCUT2D eigenvalue weighted by Crippen LogP contribution is -2.05. The zero-order chi connectivity index (χ0) is 13.0. The van der Waals surface area contributed by atoms with E-state index in [1.165, 1.54) is 6.20 Å². The third-order valence-corrected chi connectivity index (χ3v) is 2.81. The molecule has 4 nitrogen and oxygen atoms in total. The molecule has 0 saturated heterocycles. The van der Waals surface area contributed by atoms with Crippen molar-refractivity contribution in [2.75, 3.05) is 6.61 Å². The van der Waals surface area contributed by atoms with Gasteiger partial charge in [-0.25, -0.2) is 9.78 Å². The second-order valence-electron chi connectivity index (χ2n) is 3.73. The van der Waals surface area contributed by atoms with Gasteiger partial charge in [0.2, 0.25) is 0 Å². The Kier molecular flexibility index (Phi) is 3.99. The number of hydrogen-bond acceptors (Lipinski definition) is 3. The lowest BCUT2D eigenvalue weighted by atomic mass is 10.1. The molecule has 1 aromatic carbocycles. The Balaban J connectivity index is 2.12. The number of aromatic amines is 1. The van der Waals surface area contributed by atoms with Crippen LogP contribution in [0, 0.1) is 0 Å². The summed E-state index contributed by atoms with van der Waals surface area (Å²) in [6, 6.07) is 7.54. The van der Waals surface area contributed by atoms with Crippen molar-refractivity contribution < 1.29 is 9.53 Å². The van der Waals surface area contributed by atoms with Crippen LogP contribution >= 0.6 is 11.6 Å². The maximum absolute atomic E-state index is 11.5. The fourth-order valence-corrected chi connectivity index (χ4v) is 1.79. The number of carbonyl (C=O) groups is 1. The first-order valence-electron chi connectivity index (χ1n) is 5.65. The number of H-pyrrole nitrogens is 1. The van der Waals surface area contributed by atoms with E-state index in [9.17, 15) is 4.79 Å². The standard InChI is InChI=1S/C13H13ClN2O2/c1-2-18-13(17)11-8-15-12(16-11)7-9-5-3-4-6-10(9)14/h3-6,8H,2,7H2,1H3,(H,15,16). The summed E-state index contributed by atoms with van der Waals surface area (Å²) in [5, 5.41) is 0.687. The molecule has 0 aliphatic rings. The van der Waals surface area contributed by atoms with Gasteiger partial charge >= 0.3 is 5.97 Å². The summed E-state index contributed by atoms with van der Waals surface area (Å²) in [5.41, 5.74) is 1.32. The van der Waals surface area contributed by atoms with E-state index in [1.807, 2.05) is 24.3 Å². The molecule has 0 aliphatic heterocycles. The van der Waals surface area contributed by atoms with Crippen LogP contribution < -0.4 is 0 Å². The Hall–Kier alpha value is -1.81. The minimum Gasteiger partial charge on any atom is -0.461 e. The Labute approximate surface area is 110 Å². The molecular weight excluding hydrogens is 252 g/mol. The van der Waals surface area contributed by atoms with E-state index in [0.29, 0.717) is 29.6 Å². The second kappa shape index (κ2) is 5.69. The number of esters is 1. The summed E-state index contributed by atoms with van der Waals surface area (Å²) in [6.07, 6.45) is 2.03. The fourth-order valence-electron chi connectivity index (χ4n) is 1.59. The number of imidazole rings is 1. The Morgan fingerprint density at radius 2 is 2.22 bits per heavy atom. The van der Waals surface area contributed by atoms with E-state index < -0.39 is 5.97 Å². The number of ether oxygens (including phenoxy) is 1. The van der Waals surface area contributed by atoms with Crippen molar-refractivity contribution >= 4 is 17.6 Å². The largest absolute Gasteiger partial charge is 0.461 e. The molecule has 0 unspecified atom stereocenters. The van der Waals surface area contributed by atoms with Crippen LogP contribution in [0.4, 0.5) is 0 Å². The van der Waals surface area contributed by atoms with Gasteiger partial charge in [-0.3, -0.25) is 0 Å². The zero-order valence-corrected chi connectivity index (χ0v) is 10.7. The molecule has 1 heterocycles. The van der Waals surface area contributed by atoms with Gasteiger partial charge in [0, 0.05) is 11.4 Å². The monoisotopic (exact) mass is 264 g/mol. The number of hydrogen-bond donors (Lipinski definition) is 1. The summed E-state index contributed by atoms with van der Waals surface area (Å²) in [7, 11) is 0. The normalized spacial score (nSPS) is 10.3. The van der Waals surface area contributed by atoms with E-state index in [0.717, 1.165) is 5.56 Å². The molecule has 0 amide bonds. The van der Waals surface area contributed by atoms with Crippen molar-refractivity contribution in [2.24, 2.45) is 0 Å². The van der Waals surface area contributed by atoms with Crippen LogP contribution in [-0.2, 0) is 11.2 Å². The van der Waals surface area contributed by atoms with E-state index in [-0.39, 0.29) is 0 Å². The molecule has 0 fully saturated rings. The van der Waals surface area contributed by atoms with Crippen LogP contribution in [-0.4, -0.2) is 22.5 Å².